The molecule has 2 N–H and O–H groups in total. The van der Waals surface area contributed by atoms with Crippen molar-refractivity contribution in [3.63, 3.8) is 0 Å². The molecular formula is C14H14F2N2S. The average molecular weight is 280 g/mol. The molecule has 0 saturated carbocycles. The van der Waals surface area contributed by atoms with Crippen LogP contribution in [0.4, 0.5) is 8.78 Å². The number of benzene rings is 1. The molecule has 2 nitrogen and oxygen atoms in total. The Morgan fingerprint density at radius 1 is 1.21 bits per heavy atom. The van der Waals surface area contributed by atoms with Crippen molar-refractivity contribution in [2.45, 2.75) is 23.1 Å². The first-order valence-electron chi connectivity index (χ1n) is 5.85. The van der Waals surface area contributed by atoms with E-state index in [0.717, 1.165) is 11.6 Å². The molecule has 2 rings (SSSR count). The number of hydrogen-bond donors (Lipinski definition) is 1. The number of rotatable bonds is 4. The number of hydrogen-bond acceptors (Lipinski definition) is 3. The second kappa shape index (κ2) is 6.12. The largest absolute Gasteiger partial charge is 0.327 e. The molecule has 1 aromatic heterocycles. The third-order valence-corrected chi connectivity index (χ3v) is 4.13. The fraction of sp³-hybridized carbons (Fsp3) is 0.214. The highest BCUT2D eigenvalue weighted by molar-refractivity contribution is 7.99. The minimum atomic E-state index is -0.848. The van der Waals surface area contributed by atoms with Gasteiger partial charge in [0.15, 0.2) is 11.6 Å². The second-order valence-corrected chi connectivity index (χ2v) is 5.47. The van der Waals surface area contributed by atoms with Gasteiger partial charge in [0.1, 0.15) is 0 Å². The Morgan fingerprint density at radius 3 is 2.58 bits per heavy atom. The molecule has 0 aliphatic rings. The van der Waals surface area contributed by atoms with Gasteiger partial charge >= 0.3 is 0 Å². The highest BCUT2D eigenvalue weighted by Gasteiger charge is 2.18. The van der Waals surface area contributed by atoms with Crippen LogP contribution in [0.15, 0.2) is 47.6 Å². The first-order chi connectivity index (χ1) is 9.08. The van der Waals surface area contributed by atoms with Crippen molar-refractivity contribution in [2.75, 3.05) is 0 Å². The average Bonchev–Trinajstić information content (AvgIpc) is 2.40. The van der Waals surface area contributed by atoms with Crippen LogP contribution in [0.5, 0.6) is 0 Å². The summed E-state index contributed by atoms with van der Waals surface area (Å²) in [5, 5.41) is -0.0569. The summed E-state index contributed by atoms with van der Waals surface area (Å²) in [6, 6.07) is 7.48. The van der Waals surface area contributed by atoms with E-state index in [1.165, 1.54) is 17.8 Å². The molecule has 2 atom stereocenters. The zero-order valence-electron chi connectivity index (χ0n) is 10.4. The van der Waals surface area contributed by atoms with Gasteiger partial charge in [-0.3, -0.25) is 4.98 Å². The first kappa shape index (κ1) is 14.0. The van der Waals surface area contributed by atoms with Crippen molar-refractivity contribution in [3.05, 3.63) is 59.9 Å². The molecule has 0 aliphatic carbocycles. The maximum absolute atomic E-state index is 13.2. The van der Waals surface area contributed by atoms with Crippen LogP contribution >= 0.6 is 11.8 Å². The van der Waals surface area contributed by atoms with Crippen LogP contribution in [0.1, 0.15) is 17.7 Å². The minimum Gasteiger partial charge on any atom is -0.327 e. The number of thioether (sulfide) groups is 1. The van der Waals surface area contributed by atoms with E-state index in [2.05, 4.69) is 4.98 Å². The fourth-order valence-electron chi connectivity index (χ4n) is 1.72. The van der Waals surface area contributed by atoms with Crippen LogP contribution in [0.2, 0.25) is 0 Å². The molecule has 0 aliphatic heterocycles. The van der Waals surface area contributed by atoms with Crippen LogP contribution in [-0.4, -0.2) is 11.0 Å². The topological polar surface area (TPSA) is 38.9 Å². The number of nitrogens with two attached hydrogens (primary N) is 1. The van der Waals surface area contributed by atoms with Gasteiger partial charge < -0.3 is 5.73 Å². The number of aromatic nitrogens is 1. The van der Waals surface area contributed by atoms with Gasteiger partial charge in [-0.05, 0) is 36.8 Å². The van der Waals surface area contributed by atoms with E-state index in [-0.39, 0.29) is 11.3 Å². The second-order valence-electron chi connectivity index (χ2n) is 4.26. The molecule has 0 spiro atoms. The maximum atomic E-state index is 13.2. The van der Waals surface area contributed by atoms with Gasteiger partial charge in [-0.15, -0.1) is 11.8 Å². The van der Waals surface area contributed by atoms with Gasteiger partial charge in [0.05, 0.1) is 5.25 Å². The van der Waals surface area contributed by atoms with Crippen LogP contribution in [0, 0.1) is 11.6 Å². The smallest absolute Gasteiger partial charge is 0.159 e. The molecule has 100 valence electrons. The van der Waals surface area contributed by atoms with Crippen LogP contribution in [-0.2, 0) is 0 Å². The molecule has 5 heteroatoms. The molecule has 0 fully saturated rings. The molecular weight excluding hydrogens is 266 g/mol. The van der Waals surface area contributed by atoms with Gasteiger partial charge in [0.2, 0.25) is 0 Å². The fourth-order valence-corrected chi connectivity index (χ4v) is 2.82. The predicted molar refractivity (Wildman–Crippen MR) is 72.8 cm³/mol. The summed E-state index contributed by atoms with van der Waals surface area (Å²) in [5.41, 5.74) is 6.93. The van der Waals surface area contributed by atoms with Gasteiger partial charge in [-0.1, -0.05) is 6.07 Å². The lowest BCUT2D eigenvalue weighted by molar-refractivity contribution is 0.506. The van der Waals surface area contributed by atoms with Gasteiger partial charge in [-0.2, -0.15) is 0 Å². The monoisotopic (exact) mass is 280 g/mol. The molecule has 0 radical (unpaired) electrons. The lowest BCUT2D eigenvalue weighted by Gasteiger charge is -2.20. The SMILES string of the molecule is CC(N)C(Sc1ccc(F)c(F)c1)c1cccnc1. The van der Waals surface area contributed by atoms with Gasteiger partial charge in [-0.25, -0.2) is 8.78 Å². The zero-order valence-corrected chi connectivity index (χ0v) is 11.2. The molecule has 0 bridgehead atoms. The molecule has 19 heavy (non-hydrogen) atoms. The Morgan fingerprint density at radius 2 is 2.00 bits per heavy atom. The lowest BCUT2D eigenvalue weighted by Crippen LogP contribution is -2.22. The summed E-state index contributed by atoms with van der Waals surface area (Å²) in [7, 11) is 0. The Balaban J connectivity index is 2.24. The lowest BCUT2D eigenvalue weighted by atomic mass is 10.1. The summed E-state index contributed by atoms with van der Waals surface area (Å²) in [6.45, 7) is 1.88. The van der Waals surface area contributed by atoms with Crippen molar-refractivity contribution >= 4 is 11.8 Å². The van der Waals surface area contributed by atoms with E-state index in [1.807, 2.05) is 19.1 Å². The standard InChI is InChI=1S/C14H14F2N2S/c1-9(17)14(10-3-2-6-18-8-10)19-11-4-5-12(15)13(16)7-11/h2-9,14H,17H2,1H3. The predicted octanol–water partition coefficient (Wildman–Crippen LogP) is 3.54. The van der Waals surface area contributed by atoms with Crippen molar-refractivity contribution < 1.29 is 8.78 Å². The Kier molecular flexibility index (Phi) is 4.50. The number of nitrogens with zero attached hydrogens (tertiary/aromatic N) is 1. The normalized spacial score (nSPS) is 14.1. The zero-order chi connectivity index (χ0) is 13.8. The first-order valence-corrected chi connectivity index (χ1v) is 6.73. The van der Waals surface area contributed by atoms with Crippen molar-refractivity contribution in [1.29, 1.82) is 0 Å². The Bertz CT molecular complexity index is 546. The summed E-state index contributed by atoms with van der Waals surface area (Å²) < 4.78 is 26.1. The number of halogens is 2. The van der Waals surface area contributed by atoms with E-state index in [1.54, 1.807) is 18.5 Å². The van der Waals surface area contributed by atoms with E-state index >= 15 is 0 Å². The summed E-state index contributed by atoms with van der Waals surface area (Å²) in [4.78, 5) is 4.70. The van der Waals surface area contributed by atoms with Gasteiger partial charge in [0, 0.05) is 23.3 Å². The summed E-state index contributed by atoms with van der Waals surface area (Å²) in [5.74, 6) is -1.69. The summed E-state index contributed by atoms with van der Waals surface area (Å²) >= 11 is 1.40. The van der Waals surface area contributed by atoms with Gasteiger partial charge in [0.25, 0.3) is 0 Å². The van der Waals surface area contributed by atoms with Crippen LogP contribution < -0.4 is 5.73 Å². The van der Waals surface area contributed by atoms with E-state index in [4.69, 9.17) is 5.73 Å². The van der Waals surface area contributed by atoms with E-state index in [0.29, 0.717) is 4.90 Å². The van der Waals surface area contributed by atoms with E-state index < -0.39 is 11.6 Å². The molecule has 1 aromatic carbocycles. The molecule has 2 unspecified atom stereocenters. The Labute approximate surface area is 115 Å². The molecule has 0 saturated heterocycles. The third kappa shape index (κ3) is 3.52. The quantitative estimate of drug-likeness (QED) is 0.871. The Hall–Kier alpha value is -1.46. The van der Waals surface area contributed by atoms with Crippen LogP contribution in [0.3, 0.4) is 0 Å². The molecule has 1 heterocycles. The maximum Gasteiger partial charge on any atom is 0.159 e. The highest BCUT2D eigenvalue weighted by atomic mass is 32.2. The molecule has 0 amide bonds. The van der Waals surface area contributed by atoms with E-state index in [9.17, 15) is 8.78 Å². The molecule has 2 aromatic rings. The number of pyridine rings is 1. The minimum absolute atomic E-state index is 0.0569. The summed E-state index contributed by atoms with van der Waals surface area (Å²) in [6.07, 6.45) is 3.42. The van der Waals surface area contributed by atoms with Crippen LogP contribution in [0.25, 0.3) is 0 Å². The third-order valence-electron chi connectivity index (χ3n) is 2.64. The highest BCUT2D eigenvalue weighted by Crippen LogP contribution is 2.37. The van der Waals surface area contributed by atoms with Crippen molar-refractivity contribution in [3.8, 4) is 0 Å². The van der Waals surface area contributed by atoms with Crippen molar-refractivity contribution in [2.24, 2.45) is 5.73 Å². The van der Waals surface area contributed by atoms with Crippen molar-refractivity contribution in [1.82, 2.24) is 4.98 Å².